The highest BCUT2D eigenvalue weighted by Gasteiger charge is 2.33. The number of carbonyl (C=O) groups is 1. The summed E-state index contributed by atoms with van der Waals surface area (Å²) < 4.78 is 6.04. The number of nitrogens with zero attached hydrogens (tertiary/aromatic N) is 2. The Morgan fingerprint density at radius 2 is 2.09 bits per heavy atom. The highest BCUT2D eigenvalue weighted by molar-refractivity contribution is 5.94. The number of aromatic nitrogens is 2. The summed E-state index contributed by atoms with van der Waals surface area (Å²) in [5, 5.41) is 7.31. The Hall–Kier alpha value is -2.14. The van der Waals surface area contributed by atoms with E-state index in [0.717, 1.165) is 36.1 Å². The number of H-pyrrole nitrogens is 1. The number of hydrogen-bond donors (Lipinski definition) is 1. The van der Waals surface area contributed by atoms with Crippen molar-refractivity contribution < 1.29 is 9.53 Å². The van der Waals surface area contributed by atoms with Crippen molar-refractivity contribution in [3.05, 3.63) is 52.8 Å². The van der Waals surface area contributed by atoms with Gasteiger partial charge >= 0.3 is 0 Å². The molecule has 2 aliphatic rings. The van der Waals surface area contributed by atoms with Gasteiger partial charge in [-0.15, -0.1) is 0 Å². The first-order chi connectivity index (χ1) is 11.2. The molecule has 1 aromatic heterocycles. The maximum absolute atomic E-state index is 12.9. The summed E-state index contributed by atoms with van der Waals surface area (Å²) in [6.45, 7) is 3.21. The monoisotopic (exact) mass is 311 g/mol. The van der Waals surface area contributed by atoms with Crippen LogP contribution in [-0.2, 0) is 17.6 Å². The van der Waals surface area contributed by atoms with Gasteiger partial charge in [0.05, 0.1) is 12.6 Å². The average Bonchev–Trinajstić information content (AvgIpc) is 3.18. The number of nitrogens with one attached hydrogen (secondary N) is 1. The van der Waals surface area contributed by atoms with Crippen LogP contribution in [0.4, 0.5) is 0 Å². The number of rotatable bonds is 2. The lowest BCUT2D eigenvalue weighted by atomic mass is 10.1. The van der Waals surface area contributed by atoms with Crippen molar-refractivity contribution in [3.63, 3.8) is 0 Å². The maximum atomic E-state index is 12.9. The van der Waals surface area contributed by atoms with E-state index in [0.29, 0.717) is 18.8 Å². The second kappa shape index (κ2) is 5.81. The average molecular weight is 311 g/mol. The van der Waals surface area contributed by atoms with E-state index in [4.69, 9.17) is 4.74 Å². The van der Waals surface area contributed by atoms with Crippen LogP contribution >= 0.6 is 0 Å². The van der Waals surface area contributed by atoms with Crippen LogP contribution in [-0.4, -0.2) is 40.2 Å². The Balaban J connectivity index is 1.57. The second-order valence-electron chi connectivity index (χ2n) is 6.44. The molecule has 1 aromatic carbocycles. The highest BCUT2D eigenvalue weighted by atomic mass is 16.5. The van der Waals surface area contributed by atoms with Crippen LogP contribution in [0.3, 0.4) is 0 Å². The number of morpholine rings is 1. The van der Waals surface area contributed by atoms with Crippen molar-refractivity contribution in [3.8, 4) is 0 Å². The summed E-state index contributed by atoms with van der Waals surface area (Å²) in [5.74, 6) is 0.0282. The van der Waals surface area contributed by atoms with Gasteiger partial charge in [-0.2, -0.15) is 5.10 Å². The molecule has 2 heterocycles. The number of ether oxygens (including phenoxy) is 1. The van der Waals surface area contributed by atoms with Crippen molar-refractivity contribution in [2.24, 2.45) is 0 Å². The quantitative estimate of drug-likeness (QED) is 0.927. The summed E-state index contributed by atoms with van der Waals surface area (Å²) in [5.41, 5.74) is 3.97. The number of hydrogen-bond acceptors (Lipinski definition) is 3. The van der Waals surface area contributed by atoms with E-state index in [-0.39, 0.29) is 18.1 Å². The molecular weight excluding hydrogens is 290 g/mol. The molecule has 1 saturated heterocycles. The maximum Gasteiger partial charge on any atom is 0.274 e. The van der Waals surface area contributed by atoms with Crippen LogP contribution in [0.15, 0.2) is 30.3 Å². The summed E-state index contributed by atoms with van der Waals surface area (Å²) in [4.78, 5) is 14.8. The van der Waals surface area contributed by atoms with Gasteiger partial charge in [0.15, 0.2) is 5.69 Å². The van der Waals surface area contributed by atoms with Crippen LogP contribution in [0.5, 0.6) is 0 Å². The minimum absolute atomic E-state index is 0.0184. The number of aryl methyl sites for hydroxylation is 1. The van der Waals surface area contributed by atoms with Crippen LogP contribution < -0.4 is 0 Å². The number of fused-ring (bicyclic) bond motifs is 1. The van der Waals surface area contributed by atoms with Crippen molar-refractivity contribution in [2.45, 2.75) is 38.4 Å². The fourth-order valence-electron chi connectivity index (χ4n) is 3.61. The molecule has 4 rings (SSSR count). The standard InChI is InChI=1S/C18H21N3O2/c1-12-10-21(11-16(23-12)13-6-3-2-4-7-13)18(22)17-14-8-5-9-15(14)19-20-17/h2-4,6-7,12,16H,5,8-11H2,1H3,(H,19,20)/t12-,16+/m0/s1. The second-order valence-corrected chi connectivity index (χ2v) is 6.44. The first-order valence-corrected chi connectivity index (χ1v) is 8.28. The molecule has 120 valence electrons. The number of aromatic amines is 1. The van der Waals surface area contributed by atoms with Crippen molar-refractivity contribution in [2.75, 3.05) is 13.1 Å². The normalized spacial score (nSPS) is 23.8. The predicted octanol–water partition coefficient (Wildman–Crippen LogP) is 2.50. The summed E-state index contributed by atoms with van der Waals surface area (Å²) in [6.07, 6.45) is 3.01. The zero-order valence-electron chi connectivity index (χ0n) is 13.3. The van der Waals surface area contributed by atoms with Gasteiger partial charge in [0, 0.05) is 17.8 Å². The Morgan fingerprint density at radius 3 is 2.91 bits per heavy atom. The molecule has 0 radical (unpaired) electrons. The molecule has 1 fully saturated rings. The Labute approximate surface area is 135 Å². The van der Waals surface area contributed by atoms with Gasteiger partial charge in [-0.3, -0.25) is 9.89 Å². The Kier molecular flexibility index (Phi) is 3.65. The van der Waals surface area contributed by atoms with Crippen LogP contribution in [0.2, 0.25) is 0 Å². The topological polar surface area (TPSA) is 58.2 Å². The van der Waals surface area contributed by atoms with Gasteiger partial charge in [0.2, 0.25) is 0 Å². The van der Waals surface area contributed by atoms with Gasteiger partial charge in [-0.05, 0) is 31.7 Å². The number of amides is 1. The van der Waals surface area contributed by atoms with E-state index in [2.05, 4.69) is 22.3 Å². The van der Waals surface area contributed by atoms with Crippen LogP contribution in [0.1, 0.15) is 46.8 Å². The summed E-state index contributed by atoms with van der Waals surface area (Å²) >= 11 is 0. The lowest BCUT2D eigenvalue weighted by Gasteiger charge is -2.36. The van der Waals surface area contributed by atoms with Crippen LogP contribution in [0, 0.1) is 0 Å². The van der Waals surface area contributed by atoms with Gasteiger partial charge in [0.1, 0.15) is 6.10 Å². The molecule has 2 atom stereocenters. The predicted molar refractivity (Wildman–Crippen MR) is 86.2 cm³/mol. The third-order valence-corrected chi connectivity index (χ3v) is 4.73. The molecule has 0 unspecified atom stereocenters. The Bertz CT molecular complexity index is 710. The molecule has 5 heteroatoms. The molecule has 5 nitrogen and oxygen atoms in total. The first-order valence-electron chi connectivity index (χ1n) is 8.28. The molecule has 1 aliphatic heterocycles. The molecule has 0 saturated carbocycles. The third-order valence-electron chi connectivity index (χ3n) is 4.73. The minimum atomic E-state index is -0.0732. The van der Waals surface area contributed by atoms with E-state index in [9.17, 15) is 4.79 Å². The van der Waals surface area contributed by atoms with Crippen molar-refractivity contribution in [1.29, 1.82) is 0 Å². The van der Waals surface area contributed by atoms with E-state index in [1.54, 1.807) is 0 Å². The zero-order valence-corrected chi connectivity index (χ0v) is 13.3. The summed E-state index contributed by atoms with van der Waals surface area (Å²) in [6, 6.07) is 10.1. The van der Waals surface area contributed by atoms with E-state index in [1.807, 2.05) is 30.0 Å². The molecule has 1 aliphatic carbocycles. The van der Waals surface area contributed by atoms with Crippen molar-refractivity contribution >= 4 is 5.91 Å². The smallest absolute Gasteiger partial charge is 0.274 e. The van der Waals surface area contributed by atoms with Gasteiger partial charge < -0.3 is 9.64 Å². The minimum Gasteiger partial charge on any atom is -0.367 e. The molecule has 2 aromatic rings. The molecule has 23 heavy (non-hydrogen) atoms. The fraction of sp³-hybridized carbons (Fsp3) is 0.444. The summed E-state index contributed by atoms with van der Waals surface area (Å²) in [7, 11) is 0. The fourth-order valence-corrected chi connectivity index (χ4v) is 3.61. The van der Waals surface area contributed by atoms with E-state index < -0.39 is 0 Å². The number of carbonyl (C=O) groups excluding carboxylic acids is 1. The van der Waals surface area contributed by atoms with Gasteiger partial charge in [-0.1, -0.05) is 30.3 Å². The molecular formula is C18H21N3O2. The van der Waals surface area contributed by atoms with E-state index in [1.165, 1.54) is 0 Å². The van der Waals surface area contributed by atoms with Crippen molar-refractivity contribution in [1.82, 2.24) is 15.1 Å². The molecule has 1 amide bonds. The number of benzene rings is 1. The zero-order chi connectivity index (χ0) is 15.8. The van der Waals surface area contributed by atoms with Gasteiger partial charge in [0.25, 0.3) is 5.91 Å². The lowest BCUT2D eigenvalue weighted by Crippen LogP contribution is -2.46. The van der Waals surface area contributed by atoms with Gasteiger partial charge in [-0.25, -0.2) is 0 Å². The molecule has 1 N–H and O–H groups in total. The lowest BCUT2D eigenvalue weighted by molar-refractivity contribution is -0.0693. The highest BCUT2D eigenvalue weighted by Crippen LogP contribution is 2.28. The van der Waals surface area contributed by atoms with Crippen LogP contribution in [0.25, 0.3) is 0 Å². The Morgan fingerprint density at radius 1 is 1.26 bits per heavy atom. The van der Waals surface area contributed by atoms with E-state index >= 15 is 0 Å². The first kappa shape index (κ1) is 14.5. The SMILES string of the molecule is C[C@H]1CN(C(=O)c2n[nH]c3c2CCC3)C[C@H](c2ccccc2)O1. The molecule has 0 spiro atoms. The third kappa shape index (κ3) is 2.65. The largest absolute Gasteiger partial charge is 0.367 e. The molecule has 0 bridgehead atoms.